The lowest BCUT2D eigenvalue weighted by Crippen LogP contribution is -2.59. The highest BCUT2D eigenvalue weighted by molar-refractivity contribution is 6.26. The Morgan fingerprint density at radius 1 is 0.476 bits per heavy atom. The molecule has 0 saturated heterocycles. The topological polar surface area (TPSA) is 15.9 Å². The molecule has 42 heavy (non-hydrogen) atoms. The maximum Gasteiger partial charge on any atom is 0.472 e. The maximum absolute atomic E-state index is 2.68. The molecule has 1 spiro atoms. The standard InChI is InChI=1S/C38H22N4/c1-2-10-23-22(9-1)30-17-32-24-11-3-5-13-26(24)34-19-36-28-15-7-8-16-29(28)37-20-35-27-14-6-4-12-25(27)33-18-31(23)39(30)21-38(40(32)34,41(33)35)42(36)37/h1-20H,21H2/q+2. The van der Waals surface area contributed by atoms with Crippen molar-refractivity contribution < 1.29 is 9.15 Å². The van der Waals surface area contributed by atoms with Gasteiger partial charge in [0.1, 0.15) is 0 Å². The highest BCUT2D eigenvalue weighted by atomic mass is 15.5. The van der Waals surface area contributed by atoms with E-state index in [1.807, 2.05) is 0 Å². The van der Waals surface area contributed by atoms with Crippen LogP contribution in [0.15, 0.2) is 97.1 Å². The molecule has 6 aliphatic heterocycles. The van der Waals surface area contributed by atoms with Gasteiger partial charge >= 0.3 is 5.79 Å². The number of aromatic nitrogens is 2. The van der Waals surface area contributed by atoms with Crippen LogP contribution in [0, 0.1) is 0 Å². The van der Waals surface area contributed by atoms with Gasteiger partial charge in [-0.25, -0.2) is 4.57 Å². The molecule has 0 unspecified atom stereocenters. The van der Waals surface area contributed by atoms with Gasteiger partial charge in [-0.2, -0.15) is 0 Å². The Bertz CT molecular complexity index is 2470. The largest absolute Gasteiger partial charge is 0.472 e. The Hall–Kier alpha value is -5.48. The molecular formula is C38H22N4+2. The van der Waals surface area contributed by atoms with Crippen LogP contribution in [0.5, 0.6) is 0 Å². The zero-order chi connectivity index (χ0) is 26.9. The predicted molar refractivity (Wildman–Crippen MR) is 167 cm³/mol. The summed E-state index contributed by atoms with van der Waals surface area (Å²) >= 11 is 0. The molecule has 0 radical (unpaired) electrons. The summed E-state index contributed by atoms with van der Waals surface area (Å²) < 4.78 is 10.6. The van der Waals surface area contributed by atoms with Gasteiger partial charge < -0.3 is 4.57 Å². The normalized spacial score (nSPS) is 18.6. The summed E-state index contributed by atoms with van der Waals surface area (Å²) in [5, 5.41) is 7.83. The van der Waals surface area contributed by atoms with Crippen molar-refractivity contribution in [1.29, 1.82) is 0 Å². The monoisotopic (exact) mass is 534 g/mol. The van der Waals surface area contributed by atoms with E-state index < -0.39 is 5.79 Å². The van der Waals surface area contributed by atoms with Crippen molar-refractivity contribution in [3.05, 3.63) is 141 Å². The summed E-state index contributed by atoms with van der Waals surface area (Å²) in [5.41, 5.74) is 12.9. The molecule has 12 rings (SSSR count). The third-order valence-electron chi connectivity index (χ3n) is 10.5. The van der Waals surface area contributed by atoms with Crippen molar-refractivity contribution in [2.24, 2.45) is 0 Å². The third-order valence-corrected chi connectivity index (χ3v) is 10.5. The molecule has 0 atom stereocenters. The van der Waals surface area contributed by atoms with E-state index in [0.717, 1.165) is 6.54 Å². The van der Waals surface area contributed by atoms with Crippen LogP contribution in [0.3, 0.4) is 0 Å². The summed E-state index contributed by atoms with van der Waals surface area (Å²) in [4.78, 5) is 0. The molecule has 0 aliphatic carbocycles. The lowest BCUT2D eigenvalue weighted by Gasteiger charge is -2.34. The van der Waals surface area contributed by atoms with Gasteiger partial charge in [0, 0.05) is 45.8 Å². The van der Waals surface area contributed by atoms with Gasteiger partial charge in [-0.3, -0.25) is 0 Å². The lowest BCUT2D eigenvalue weighted by atomic mass is 10.0. The molecular weight excluding hydrogens is 512 g/mol. The average molecular weight is 535 g/mol. The number of hydrogen-bond donors (Lipinski definition) is 0. The number of fused-ring (bicyclic) bond motifs is 12. The van der Waals surface area contributed by atoms with Crippen molar-refractivity contribution in [2.45, 2.75) is 12.3 Å². The first kappa shape index (κ1) is 20.4. The highest BCUT2D eigenvalue weighted by Gasteiger charge is 2.69. The number of hydrogen-bond acceptors (Lipinski definition) is 0. The Labute approximate surface area is 240 Å². The molecule has 0 amide bonds. The van der Waals surface area contributed by atoms with Gasteiger partial charge in [-0.1, -0.05) is 72.8 Å². The fraction of sp³-hybridized carbons (Fsp3) is 0.0526. The molecule has 6 aromatic rings. The van der Waals surface area contributed by atoms with Crippen LogP contribution < -0.4 is 10.7 Å². The Balaban J connectivity index is 1.43. The Kier molecular flexibility index (Phi) is 3.09. The molecule has 2 aromatic heterocycles. The second-order valence-corrected chi connectivity index (χ2v) is 12.2. The fourth-order valence-corrected chi connectivity index (χ4v) is 8.99. The SMILES string of the molecule is C1=C2c3ccccc3C3=[N+]2C24Cn5c(c6ccccc6c5=CC5=[N+]2C(=Cc2c6ccccc6c1n24)c1ccccc15)=C3. The zero-order valence-electron chi connectivity index (χ0n) is 22.5. The van der Waals surface area contributed by atoms with Crippen molar-refractivity contribution in [2.75, 3.05) is 0 Å². The molecule has 4 aromatic carbocycles. The van der Waals surface area contributed by atoms with Crippen molar-refractivity contribution in [1.82, 2.24) is 9.13 Å². The lowest BCUT2D eigenvalue weighted by molar-refractivity contribution is -0.796. The van der Waals surface area contributed by atoms with Crippen LogP contribution in [0.1, 0.15) is 33.6 Å². The summed E-state index contributed by atoms with van der Waals surface area (Å²) in [6.45, 7) is 0.796. The first-order chi connectivity index (χ1) is 20.8. The molecule has 8 heterocycles. The van der Waals surface area contributed by atoms with Crippen LogP contribution in [-0.2, 0) is 12.3 Å². The van der Waals surface area contributed by atoms with Gasteiger partial charge in [-0.05, 0) is 24.3 Å². The second-order valence-electron chi connectivity index (χ2n) is 12.2. The Morgan fingerprint density at radius 3 is 1.40 bits per heavy atom. The van der Waals surface area contributed by atoms with Gasteiger partial charge in [0.2, 0.25) is 22.8 Å². The van der Waals surface area contributed by atoms with E-state index in [-0.39, 0.29) is 0 Å². The molecule has 0 saturated carbocycles. The molecule has 2 bridgehead atoms. The van der Waals surface area contributed by atoms with Gasteiger partial charge in [0.05, 0.1) is 44.3 Å². The number of benzene rings is 4. The first-order valence-corrected chi connectivity index (χ1v) is 14.7. The van der Waals surface area contributed by atoms with E-state index in [1.165, 1.54) is 88.7 Å². The molecule has 4 heteroatoms. The van der Waals surface area contributed by atoms with Crippen molar-refractivity contribution in [3.8, 4) is 0 Å². The summed E-state index contributed by atoms with van der Waals surface area (Å²) in [6, 6.07) is 35.9. The number of rotatable bonds is 0. The summed E-state index contributed by atoms with van der Waals surface area (Å²) in [5.74, 6) is -0.543. The van der Waals surface area contributed by atoms with Crippen LogP contribution in [0.25, 0.3) is 57.2 Å². The molecule has 0 N–H and O–H groups in total. The first-order valence-electron chi connectivity index (χ1n) is 14.7. The fourth-order valence-electron chi connectivity index (χ4n) is 8.99. The Morgan fingerprint density at radius 2 is 0.905 bits per heavy atom. The van der Waals surface area contributed by atoms with Crippen LogP contribution in [0.2, 0.25) is 0 Å². The number of nitrogens with zero attached hydrogens (tertiary/aromatic N) is 4. The molecule has 4 nitrogen and oxygen atoms in total. The van der Waals surface area contributed by atoms with E-state index in [0.29, 0.717) is 0 Å². The van der Waals surface area contributed by atoms with E-state index in [1.54, 1.807) is 0 Å². The van der Waals surface area contributed by atoms with Crippen molar-refractivity contribution >= 4 is 68.7 Å². The van der Waals surface area contributed by atoms with Crippen LogP contribution in [-0.4, -0.2) is 29.7 Å². The molecule has 0 fully saturated rings. The van der Waals surface area contributed by atoms with Crippen LogP contribution >= 0.6 is 0 Å². The highest BCUT2D eigenvalue weighted by Crippen LogP contribution is 2.53. The van der Waals surface area contributed by atoms with Crippen molar-refractivity contribution in [3.63, 3.8) is 0 Å². The minimum atomic E-state index is -0.543. The maximum atomic E-state index is 2.68. The van der Waals surface area contributed by atoms with Gasteiger partial charge in [0.25, 0.3) is 0 Å². The van der Waals surface area contributed by atoms with Gasteiger partial charge in [0.15, 0.2) is 6.54 Å². The van der Waals surface area contributed by atoms with E-state index >= 15 is 0 Å². The van der Waals surface area contributed by atoms with E-state index in [9.17, 15) is 0 Å². The summed E-state index contributed by atoms with van der Waals surface area (Å²) in [7, 11) is 0. The van der Waals surface area contributed by atoms with E-state index in [4.69, 9.17) is 0 Å². The minimum absolute atomic E-state index is 0.543. The zero-order valence-corrected chi connectivity index (χ0v) is 22.5. The van der Waals surface area contributed by atoms with E-state index in [2.05, 4.69) is 140 Å². The van der Waals surface area contributed by atoms with Crippen LogP contribution in [0.4, 0.5) is 0 Å². The molecule has 6 aliphatic rings. The quantitative estimate of drug-likeness (QED) is 0.240. The molecule has 192 valence electrons. The smallest absolute Gasteiger partial charge is 0.324 e. The minimum Gasteiger partial charge on any atom is -0.324 e. The average Bonchev–Trinajstić information content (AvgIpc) is 3.66. The summed E-state index contributed by atoms with van der Waals surface area (Å²) in [6.07, 6.45) is 9.84. The predicted octanol–water partition coefficient (Wildman–Crippen LogP) is 5.15. The third kappa shape index (κ3) is 1.94. The van der Waals surface area contributed by atoms with Gasteiger partial charge in [-0.15, -0.1) is 9.15 Å². The second kappa shape index (κ2) is 6.37.